The lowest BCUT2D eigenvalue weighted by atomic mass is 9.96. The number of hydrogen-bond donors (Lipinski definition) is 2. The van der Waals surface area contributed by atoms with Gasteiger partial charge in [0, 0.05) is 19.1 Å². The molecule has 1 aliphatic heterocycles. The molecule has 0 radical (unpaired) electrons. The zero-order valence-electron chi connectivity index (χ0n) is 13.5. The van der Waals surface area contributed by atoms with Gasteiger partial charge in [-0.3, -0.25) is 4.90 Å². The largest absolute Gasteiger partial charge is 0.392 e. The number of hydrogen-bond acceptors (Lipinski definition) is 3. The summed E-state index contributed by atoms with van der Waals surface area (Å²) in [5, 5.41) is 13.8. The van der Waals surface area contributed by atoms with Crippen LogP contribution >= 0.6 is 0 Å². The maximum Gasteiger partial charge on any atom is 0.0669 e. The molecular formula is C17H34N2O. The van der Waals surface area contributed by atoms with Gasteiger partial charge < -0.3 is 10.4 Å². The average molecular weight is 282 g/mol. The lowest BCUT2D eigenvalue weighted by molar-refractivity contribution is 0.0649. The third-order valence-electron chi connectivity index (χ3n) is 5.21. The molecule has 0 aromatic carbocycles. The van der Waals surface area contributed by atoms with Crippen molar-refractivity contribution in [1.29, 1.82) is 0 Å². The summed E-state index contributed by atoms with van der Waals surface area (Å²) in [5.74, 6) is 1.61. The lowest BCUT2D eigenvalue weighted by Gasteiger charge is -2.34. The molecule has 1 unspecified atom stereocenters. The van der Waals surface area contributed by atoms with E-state index in [-0.39, 0.29) is 6.10 Å². The molecule has 0 bridgehead atoms. The summed E-state index contributed by atoms with van der Waals surface area (Å²) in [7, 11) is 0. The molecule has 2 aliphatic rings. The van der Waals surface area contributed by atoms with Crippen molar-refractivity contribution >= 4 is 0 Å². The minimum absolute atomic E-state index is 0.123. The Morgan fingerprint density at radius 3 is 2.30 bits per heavy atom. The van der Waals surface area contributed by atoms with E-state index in [1.807, 2.05) is 0 Å². The van der Waals surface area contributed by atoms with Gasteiger partial charge in [-0.15, -0.1) is 0 Å². The third-order valence-corrected chi connectivity index (χ3v) is 5.21. The summed E-state index contributed by atoms with van der Waals surface area (Å²) < 4.78 is 0. The van der Waals surface area contributed by atoms with Gasteiger partial charge in [0.2, 0.25) is 0 Å². The second kappa shape index (κ2) is 8.35. The smallest absolute Gasteiger partial charge is 0.0669 e. The zero-order chi connectivity index (χ0) is 14.4. The van der Waals surface area contributed by atoms with Crippen LogP contribution in [0.15, 0.2) is 0 Å². The first-order valence-electron chi connectivity index (χ1n) is 8.78. The van der Waals surface area contributed by atoms with Crippen LogP contribution in [0.25, 0.3) is 0 Å². The monoisotopic (exact) mass is 282 g/mol. The van der Waals surface area contributed by atoms with Crippen LogP contribution < -0.4 is 5.32 Å². The molecule has 20 heavy (non-hydrogen) atoms. The van der Waals surface area contributed by atoms with Crippen molar-refractivity contribution in [2.45, 2.75) is 70.9 Å². The summed E-state index contributed by atoms with van der Waals surface area (Å²) in [6, 6.07) is 0.545. The van der Waals surface area contributed by atoms with Crippen LogP contribution in [-0.2, 0) is 0 Å². The van der Waals surface area contributed by atoms with Crippen LogP contribution in [0, 0.1) is 11.8 Å². The number of nitrogens with one attached hydrogen (secondary N) is 1. The molecule has 3 nitrogen and oxygen atoms in total. The number of nitrogens with zero attached hydrogens (tertiary/aromatic N) is 1. The van der Waals surface area contributed by atoms with Gasteiger partial charge in [0.15, 0.2) is 0 Å². The van der Waals surface area contributed by atoms with Gasteiger partial charge >= 0.3 is 0 Å². The maximum absolute atomic E-state index is 10.4. The van der Waals surface area contributed by atoms with E-state index < -0.39 is 0 Å². The highest BCUT2D eigenvalue weighted by Gasteiger charge is 2.23. The Hall–Kier alpha value is -0.120. The average Bonchev–Trinajstić information content (AvgIpc) is 2.92. The molecule has 1 saturated carbocycles. The fourth-order valence-electron chi connectivity index (χ4n) is 3.87. The van der Waals surface area contributed by atoms with E-state index in [0.29, 0.717) is 6.04 Å². The SMILES string of the molecule is CC(C)N(CC(O)CC1CCCC1)CC1CCNCC1. The molecule has 3 heteroatoms. The van der Waals surface area contributed by atoms with Gasteiger partial charge in [-0.1, -0.05) is 25.7 Å². The van der Waals surface area contributed by atoms with Gasteiger partial charge in [0.25, 0.3) is 0 Å². The zero-order valence-corrected chi connectivity index (χ0v) is 13.5. The van der Waals surface area contributed by atoms with Crippen LogP contribution in [0.4, 0.5) is 0 Å². The Morgan fingerprint density at radius 1 is 1.05 bits per heavy atom. The van der Waals surface area contributed by atoms with E-state index in [0.717, 1.165) is 24.8 Å². The first kappa shape index (κ1) is 16.3. The highest BCUT2D eigenvalue weighted by atomic mass is 16.3. The van der Waals surface area contributed by atoms with E-state index in [9.17, 15) is 5.11 Å². The first-order valence-corrected chi connectivity index (χ1v) is 8.78. The number of aliphatic hydroxyl groups excluding tert-OH is 1. The normalized spacial score (nSPS) is 23.9. The van der Waals surface area contributed by atoms with E-state index >= 15 is 0 Å². The second-order valence-corrected chi connectivity index (χ2v) is 7.28. The Balaban J connectivity index is 1.75. The molecule has 0 spiro atoms. The molecule has 0 amide bonds. The summed E-state index contributed by atoms with van der Waals surface area (Å²) in [6.07, 6.45) is 8.92. The standard InChI is InChI=1S/C17H34N2O/c1-14(2)19(12-16-7-9-18-10-8-16)13-17(20)11-15-5-3-4-6-15/h14-18,20H,3-13H2,1-2H3. The molecule has 2 rings (SSSR count). The predicted octanol–water partition coefficient (Wildman–Crippen LogP) is 2.64. The molecule has 2 fully saturated rings. The molecule has 0 aromatic heterocycles. The fourth-order valence-corrected chi connectivity index (χ4v) is 3.87. The minimum Gasteiger partial charge on any atom is -0.392 e. The Bertz CT molecular complexity index is 258. The van der Waals surface area contributed by atoms with E-state index in [1.165, 1.54) is 58.2 Å². The molecule has 118 valence electrons. The Labute approximate surface area is 125 Å². The summed E-state index contributed by atoms with van der Waals surface area (Å²) in [4.78, 5) is 2.51. The Kier molecular flexibility index (Phi) is 6.79. The van der Waals surface area contributed by atoms with E-state index in [4.69, 9.17) is 0 Å². The van der Waals surface area contributed by atoms with Crippen molar-refractivity contribution in [3.05, 3.63) is 0 Å². The van der Waals surface area contributed by atoms with Gasteiger partial charge in [-0.25, -0.2) is 0 Å². The van der Waals surface area contributed by atoms with E-state index in [2.05, 4.69) is 24.1 Å². The highest BCUT2D eigenvalue weighted by molar-refractivity contribution is 4.78. The van der Waals surface area contributed by atoms with Gasteiger partial charge in [-0.05, 0) is 58.0 Å². The van der Waals surface area contributed by atoms with Crippen LogP contribution in [0.1, 0.15) is 58.8 Å². The molecule has 2 N–H and O–H groups in total. The van der Waals surface area contributed by atoms with E-state index in [1.54, 1.807) is 0 Å². The fraction of sp³-hybridized carbons (Fsp3) is 1.00. The molecule has 1 saturated heterocycles. The van der Waals surface area contributed by atoms with Gasteiger partial charge in [0.05, 0.1) is 6.10 Å². The molecule has 0 aromatic rings. The summed E-state index contributed by atoms with van der Waals surface area (Å²) >= 11 is 0. The lowest BCUT2D eigenvalue weighted by Crippen LogP contribution is -2.43. The Morgan fingerprint density at radius 2 is 1.70 bits per heavy atom. The van der Waals surface area contributed by atoms with Crippen molar-refractivity contribution < 1.29 is 5.11 Å². The summed E-state index contributed by atoms with van der Waals surface area (Å²) in [6.45, 7) is 8.91. The topological polar surface area (TPSA) is 35.5 Å². The molecular weight excluding hydrogens is 248 g/mol. The van der Waals surface area contributed by atoms with Gasteiger partial charge in [-0.2, -0.15) is 0 Å². The van der Waals surface area contributed by atoms with Crippen molar-refractivity contribution in [2.75, 3.05) is 26.2 Å². The highest BCUT2D eigenvalue weighted by Crippen LogP contribution is 2.29. The summed E-state index contributed by atoms with van der Waals surface area (Å²) in [5.41, 5.74) is 0. The minimum atomic E-state index is -0.123. The van der Waals surface area contributed by atoms with Crippen LogP contribution in [0.3, 0.4) is 0 Å². The quantitative estimate of drug-likeness (QED) is 0.753. The number of rotatable bonds is 7. The van der Waals surface area contributed by atoms with Crippen molar-refractivity contribution in [3.8, 4) is 0 Å². The number of piperidine rings is 1. The second-order valence-electron chi connectivity index (χ2n) is 7.28. The van der Waals surface area contributed by atoms with Crippen LogP contribution in [-0.4, -0.2) is 48.3 Å². The predicted molar refractivity (Wildman–Crippen MR) is 84.9 cm³/mol. The van der Waals surface area contributed by atoms with Crippen LogP contribution in [0.5, 0.6) is 0 Å². The first-order chi connectivity index (χ1) is 9.65. The van der Waals surface area contributed by atoms with Crippen molar-refractivity contribution in [3.63, 3.8) is 0 Å². The molecule has 1 heterocycles. The van der Waals surface area contributed by atoms with Crippen molar-refractivity contribution in [2.24, 2.45) is 11.8 Å². The van der Waals surface area contributed by atoms with Gasteiger partial charge in [0.1, 0.15) is 0 Å². The van der Waals surface area contributed by atoms with Crippen LogP contribution in [0.2, 0.25) is 0 Å². The molecule has 1 aliphatic carbocycles. The third kappa shape index (κ3) is 5.34. The number of aliphatic hydroxyl groups is 1. The molecule has 1 atom stereocenters. The van der Waals surface area contributed by atoms with Crippen molar-refractivity contribution in [1.82, 2.24) is 10.2 Å². The maximum atomic E-state index is 10.4.